The summed E-state index contributed by atoms with van der Waals surface area (Å²) >= 11 is 6.50. The van der Waals surface area contributed by atoms with Crippen molar-refractivity contribution in [2.24, 2.45) is 0 Å². The molecule has 7 nitrogen and oxygen atoms in total. The Hall–Kier alpha value is -3.16. The second-order valence-electron chi connectivity index (χ2n) is 9.18. The van der Waals surface area contributed by atoms with Crippen molar-refractivity contribution >= 4 is 28.5 Å². The number of hydrogen-bond donors (Lipinski definition) is 1. The van der Waals surface area contributed by atoms with Gasteiger partial charge in [-0.3, -0.25) is 9.69 Å². The molecule has 8 heteroatoms. The number of halogens is 1. The van der Waals surface area contributed by atoms with E-state index in [9.17, 15) is 4.79 Å². The van der Waals surface area contributed by atoms with E-state index in [0.29, 0.717) is 29.3 Å². The molecule has 2 aromatic carbocycles. The Kier molecular flexibility index (Phi) is 5.91. The maximum atomic E-state index is 10.9. The van der Waals surface area contributed by atoms with Crippen LogP contribution in [0.1, 0.15) is 43.0 Å². The standard InChI is InChI=1S/C26H27ClN4O3/c1-15(2)31-14-22(27)21-12-17(5-7-23(21)31)26-28-25(29-34-26)20-6-4-18-13-30(11-9-24(32)33)10-8-19(18)16(20)3/h4-7,12,14-15H,8-11,13H2,1-3H3,(H,32,33). The van der Waals surface area contributed by atoms with Crippen LogP contribution in [-0.2, 0) is 17.8 Å². The van der Waals surface area contributed by atoms with Crippen LogP contribution in [0.2, 0.25) is 5.02 Å². The minimum atomic E-state index is -0.760. The average molecular weight is 479 g/mol. The summed E-state index contributed by atoms with van der Waals surface area (Å²) in [5, 5.41) is 14.9. The van der Waals surface area contributed by atoms with Crippen molar-refractivity contribution in [2.45, 2.75) is 46.2 Å². The van der Waals surface area contributed by atoms with Crippen molar-refractivity contribution < 1.29 is 14.4 Å². The van der Waals surface area contributed by atoms with Gasteiger partial charge in [0.2, 0.25) is 5.82 Å². The first kappa shape index (κ1) is 22.6. The highest BCUT2D eigenvalue weighted by molar-refractivity contribution is 6.35. The zero-order valence-electron chi connectivity index (χ0n) is 19.5. The minimum absolute atomic E-state index is 0.164. The lowest BCUT2D eigenvalue weighted by Gasteiger charge is -2.29. The first-order valence-corrected chi connectivity index (χ1v) is 11.9. The molecular formula is C26H27ClN4O3. The van der Waals surface area contributed by atoms with Gasteiger partial charge in [0.05, 0.1) is 11.4 Å². The number of hydrogen-bond acceptors (Lipinski definition) is 5. The molecule has 0 unspecified atom stereocenters. The quantitative estimate of drug-likeness (QED) is 0.380. The Balaban J connectivity index is 1.42. The Morgan fingerprint density at radius 2 is 2.09 bits per heavy atom. The molecule has 1 aliphatic rings. The van der Waals surface area contributed by atoms with Gasteiger partial charge in [-0.05, 0) is 62.1 Å². The van der Waals surface area contributed by atoms with E-state index in [1.165, 1.54) is 11.1 Å². The van der Waals surface area contributed by atoms with Gasteiger partial charge in [0.15, 0.2) is 0 Å². The fourth-order valence-corrected chi connectivity index (χ4v) is 5.07. The molecule has 0 radical (unpaired) electrons. The number of carboxylic acid groups (broad SMARTS) is 1. The van der Waals surface area contributed by atoms with E-state index in [2.05, 4.69) is 41.5 Å². The number of benzene rings is 2. The maximum Gasteiger partial charge on any atom is 0.304 e. The summed E-state index contributed by atoms with van der Waals surface area (Å²) in [5.74, 6) is 0.265. The number of nitrogens with zero attached hydrogens (tertiary/aromatic N) is 4. The molecule has 0 aliphatic carbocycles. The summed E-state index contributed by atoms with van der Waals surface area (Å²) in [6, 6.07) is 10.5. The molecule has 5 rings (SSSR count). The molecule has 3 heterocycles. The second kappa shape index (κ2) is 8.89. The molecule has 0 fully saturated rings. The number of rotatable bonds is 6. The molecule has 2 aromatic heterocycles. The number of aliphatic carboxylic acids is 1. The third-order valence-electron chi connectivity index (χ3n) is 6.66. The van der Waals surface area contributed by atoms with Crippen LogP contribution in [0.25, 0.3) is 33.7 Å². The summed E-state index contributed by atoms with van der Waals surface area (Å²) in [6.45, 7) is 8.53. The lowest BCUT2D eigenvalue weighted by Crippen LogP contribution is -2.32. The van der Waals surface area contributed by atoms with Crippen molar-refractivity contribution in [2.75, 3.05) is 13.1 Å². The van der Waals surface area contributed by atoms with Crippen LogP contribution in [0.5, 0.6) is 0 Å². The highest BCUT2D eigenvalue weighted by Gasteiger charge is 2.22. The van der Waals surface area contributed by atoms with Crippen molar-refractivity contribution in [3.63, 3.8) is 0 Å². The van der Waals surface area contributed by atoms with Gasteiger partial charge in [0, 0.05) is 53.9 Å². The molecule has 0 saturated carbocycles. The summed E-state index contributed by atoms with van der Waals surface area (Å²) in [6.07, 6.45) is 3.00. The van der Waals surface area contributed by atoms with Gasteiger partial charge in [0.25, 0.3) is 5.89 Å². The summed E-state index contributed by atoms with van der Waals surface area (Å²) in [4.78, 5) is 17.8. The van der Waals surface area contributed by atoms with Crippen LogP contribution in [0.3, 0.4) is 0 Å². The van der Waals surface area contributed by atoms with E-state index in [-0.39, 0.29) is 6.42 Å². The van der Waals surface area contributed by atoms with E-state index >= 15 is 0 Å². The van der Waals surface area contributed by atoms with E-state index in [1.807, 2.05) is 30.5 Å². The first-order valence-electron chi connectivity index (χ1n) is 11.5. The van der Waals surface area contributed by atoms with Gasteiger partial charge in [-0.25, -0.2) is 0 Å². The summed E-state index contributed by atoms with van der Waals surface area (Å²) in [7, 11) is 0. The molecular weight excluding hydrogens is 452 g/mol. The zero-order chi connectivity index (χ0) is 24.0. The molecule has 0 bridgehead atoms. The van der Waals surface area contributed by atoms with Crippen LogP contribution in [0.4, 0.5) is 0 Å². The highest BCUT2D eigenvalue weighted by atomic mass is 35.5. The number of fused-ring (bicyclic) bond motifs is 2. The summed E-state index contributed by atoms with van der Waals surface area (Å²) in [5.41, 5.74) is 6.54. The normalized spacial score (nSPS) is 14.1. The minimum Gasteiger partial charge on any atom is -0.481 e. The monoisotopic (exact) mass is 478 g/mol. The van der Waals surface area contributed by atoms with Crippen molar-refractivity contribution in [1.82, 2.24) is 19.6 Å². The van der Waals surface area contributed by atoms with Crippen molar-refractivity contribution in [1.29, 1.82) is 0 Å². The van der Waals surface area contributed by atoms with E-state index in [1.54, 1.807) is 0 Å². The fourth-order valence-electron chi connectivity index (χ4n) is 4.81. The lowest BCUT2D eigenvalue weighted by molar-refractivity contribution is -0.137. The SMILES string of the molecule is Cc1c(-c2noc(-c3ccc4c(c3)c(Cl)cn4C(C)C)n2)ccc2c1CCN(CCC(=O)O)C2. The molecule has 176 valence electrons. The summed E-state index contributed by atoms with van der Waals surface area (Å²) < 4.78 is 7.80. The molecule has 4 aromatic rings. The third kappa shape index (κ3) is 4.10. The van der Waals surface area contributed by atoms with Crippen LogP contribution in [-0.4, -0.2) is 43.8 Å². The van der Waals surface area contributed by atoms with Gasteiger partial charge in [0.1, 0.15) is 0 Å². The molecule has 34 heavy (non-hydrogen) atoms. The van der Waals surface area contributed by atoms with Crippen LogP contribution in [0.15, 0.2) is 41.1 Å². The van der Waals surface area contributed by atoms with Crippen LogP contribution < -0.4 is 0 Å². The predicted octanol–water partition coefficient (Wildman–Crippen LogP) is 5.73. The maximum absolute atomic E-state index is 10.9. The van der Waals surface area contributed by atoms with Crippen LogP contribution in [0, 0.1) is 6.92 Å². The number of aromatic nitrogens is 3. The molecule has 1 aliphatic heterocycles. The third-order valence-corrected chi connectivity index (χ3v) is 6.97. The van der Waals surface area contributed by atoms with Gasteiger partial charge in [-0.1, -0.05) is 28.9 Å². The Morgan fingerprint density at radius 3 is 2.85 bits per heavy atom. The molecule has 1 N–H and O–H groups in total. The van der Waals surface area contributed by atoms with Crippen LogP contribution >= 0.6 is 11.6 Å². The van der Waals surface area contributed by atoms with E-state index in [4.69, 9.17) is 26.2 Å². The predicted molar refractivity (Wildman–Crippen MR) is 132 cm³/mol. The highest BCUT2D eigenvalue weighted by Crippen LogP contribution is 2.34. The Labute approximate surface area is 202 Å². The molecule has 0 atom stereocenters. The van der Waals surface area contributed by atoms with Gasteiger partial charge in [-0.15, -0.1) is 0 Å². The largest absolute Gasteiger partial charge is 0.481 e. The topological polar surface area (TPSA) is 84.4 Å². The fraction of sp³-hybridized carbons (Fsp3) is 0.346. The van der Waals surface area contributed by atoms with E-state index in [0.717, 1.165) is 47.1 Å². The van der Waals surface area contributed by atoms with Crippen molar-refractivity contribution in [3.8, 4) is 22.8 Å². The molecule has 0 amide bonds. The number of carbonyl (C=O) groups is 1. The number of carboxylic acids is 1. The first-order chi connectivity index (χ1) is 16.3. The van der Waals surface area contributed by atoms with Gasteiger partial charge >= 0.3 is 5.97 Å². The average Bonchev–Trinajstić information content (AvgIpc) is 3.43. The zero-order valence-corrected chi connectivity index (χ0v) is 20.3. The smallest absolute Gasteiger partial charge is 0.304 e. The van der Waals surface area contributed by atoms with Gasteiger partial charge < -0.3 is 14.2 Å². The van der Waals surface area contributed by atoms with E-state index < -0.39 is 5.97 Å². The molecule has 0 spiro atoms. The lowest BCUT2D eigenvalue weighted by atomic mass is 9.91. The molecule has 0 saturated heterocycles. The second-order valence-corrected chi connectivity index (χ2v) is 9.59. The Morgan fingerprint density at radius 1 is 1.26 bits per heavy atom. The van der Waals surface area contributed by atoms with Crippen molar-refractivity contribution in [3.05, 3.63) is 58.2 Å². The van der Waals surface area contributed by atoms with Gasteiger partial charge in [-0.2, -0.15) is 4.98 Å². The Bertz CT molecular complexity index is 1390.